The van der Waals surface area contributed by atoms with Crippen LogP contribution < -0.4 is 25.6 Å². The van der Waals surface area contributed by atoms with Crippen molar-refractivity contribution in [1.82, 2.24) is 0 Å². The topological polar surface area (TPSA) is 3.24 Å². The molecule has 58 heavy (non-hydrogen) atoms. The van der Waals surface area contributed by atoms with E-state index in [9.17, 15) is 0 Å². The quantitative estimate of drug-likeness (QED) is 0.140. The zero-order chi connectivity index (χ0) is 37.5. The Labute approximate surface area is 338 Å². The maximum absolute atomic E-state index is 2.92. The van der Waals surface area contributed by atoms with Crippen molar-refractivity contribution in [2.75, 3.05) is 4.90 Å². The molecule has 15 rings (SSSR count). The van der Waals surface area contributed by atoms with E-state index in [4.69, 9.17) is 0 Å². The van der Waals surface area contributed by atoms with Gasteiger partial charge >= 0.3 is 0 Å². The summed E-state index contributed by atoms with van der Waals surface area (Å²) in [5.74, 6) is 0. The van der Waals surface area contributed by atoms with Gasteiger partial charge < -0.3 is 4.90 Å². The monoisotopic (exact) mass is 747 g/mol. The van der Waals surface area contributed by atoms with Gasteiger partial charge in [0, 0.05) is 0 Å². The smallest absolute Gasteiger partial charge is 0.185 e. The molecule has 9 aromatic carbocycles. The lowest BCUT2D eigenvalue weighted by Gasteiger charge is -2.56. The highest BCUT2D eigenvalue weighted by Crippen LogP contribution is 2.70. The van der Waals surface area contributed by atoms with E-state index in [2.05, 4.69) is 205 Å². The van der Waals surface area contributed by atoms with Gasteiger partial charge in [-0.1, -0.05) is 200 Å². The molecule has 9 aromatic rings. The molecule has 1 nitrogen and oxygen atoms in total. The Bertz CT molecular complexity index is 2820. The summed E-state index contributed by atoms with van der Waals surface area (Å²) in [6.07, 6.45) is 0. The highest BCUT2D eigenvalue weighted by molar-refractivity contribution is 7.23. The van der Waals surface area contributed by atoms with Crippen LogP contribution in [0.4, 0.5) is 17.1 Å². The molecule has 0 bridgehead atoms. The number of nitrogens with zero attached hydrogens (tertiary/aromatic N) is 1. The summed E-state index contributed by atoms with van der Waals surface area (Å²) in [5, 5.41) is 6.00. The third-order valence-electron chi connectivity index (χ3n) is 15.1. The number of anilines is 3. The second kappa shape index (κ2) is 9.92. The van der Waals surface area contributed by atoms with Crippen LogP contribution in [0.1, 0.15) is 44.5 Å². The van der Waals surface area contributed by atoms with Gasteiger partial charge in [0.2, 0.25) is 0 Å². The van der Waals surface area contributed by atoms with E-state index in [1.165, 1.54) is 116 Å². The summed E-state index contributed by atoms with van der Waals surface area (Å²) in [6, 6.07) is 78.1. The fourth-order valence-electron chi connectivity index (χ4n) is 13.4. The molecular formula is C56H33NSi. The molecule has 6 aliphatic rings. The van der Waals surface area contributed by atoms with Gasteiger partial charge in [0.25, 0.3) is 0 Å². The fraction of sp³-hybridized carbons (Fsp3) is 0.0357. The third kappa shape index (κ3) is 2.91. The molecular weight excluding hydrogens is 715 g/mol. The van der Waals surface area contributed by atoms with Crippen molar-refractivity contribution >= 4 is 45.9 Å². The summed E-state index contributed by atoms with van der Waals surface area (Å²) in [6.45, 7) is 0. The summed E-state index contributed by atoms with van der Waals surface area (Å²) in [4.78, 5) is 2.78. The Hall–Kier alpha value is -7.00. The van der Waals surface area contributed by atoms with E-state index >= 15 is 0 Å². The molecule has 0 saturated heterocycles. The molecule has 4 aliphatic heterocycles. The number of rotatable bonds is 0. The van der Waals surface area contributed by atoms with Crippen LogP contribution in [0.25, 0.3) is 33.4 Å². The normalized spacial score (nSPS) is 16.7. The van der Waals surface area contributed by atoms with Gasteiger partial charge in [-0.05, 0) is 98.6 Å². The lowest BCUT2D eigenvalue weighted by atomic mass is 9.59. The first-order valence-electron chi connectivity index (χ1n) is 20.6. The average molecular weight is 748 g/mol. The van der Waals surface area contributed by atoms with Crippen LogP contribution in [0.5, 0.6) is 0 Å². The Kier molecular flexibility index (Phi) is 5.16. The van der Waals surface area contributed by atoms with Gasteiger partial charge in [0.1, 0.15) is 0 Å². The number of hydrogen-bond acceptors (Lipinski definition) is 1. The zero-order valence-corrected chi connectivity index (χ0v) is 32.5. The Morgan fingerprint density at radius 1 is 0.241 bits per heavy atom. The molecule has 2 aliphatic carbocycles. The first kappa shape index (κ1) is 30.2. The number of fused-ring (bicyclic) bond motifs is 21. The molecule has 3 spiro atoms. The van der Waals surface area contributed by atoms with E-state index in [1.807, 2.05) is 0 Å². The molecule has 0 unspecified atom stereocenters. The van der Waals surface area contributed by atoms with E-state index < -0.39 is 18.9 Å². The van der Waals surface area contributed by atoms with Crippen molar-refractivity contribution in [3.05, 3.63) is 245 Å². The SMILES string of the molecule is c1ccc2c(c1)-c1ccccc1C21c2cccc3c2N2c4c1cccc4[Si]1(c4ccccc4-c4ccccc41)c1cccc(c12)C31c2ccccc2-c2ccccc21. The number of hydrogen-bond donors (Lipinski definition) is 0. The van der Waals surface area contributed by atoms with E-state index in [0.717, 1.165) is 0 Å². The summed E-state index contributed by atoms with van der Waals surface area (Å²) < 4.78 is 0. The Morgan fingerprint density at radius 2 is 0.517 bits per heavy atom. The van der Waals surface area contributed by atoms with Crippen LogP contribution in [-0.4, -0.2) is 8.07 Å². The minimum atomic E-state index is -2.92. The van der Waals surface area contributed by atoms with Gasteiger partial charge in [-0.25, -0.2) is 0 Å². The first-order chi connectivity index (χ1) is 28.8. The average Bonchev–Trinajstić information content (AvgIpc) is 3.87. The van der Waals surface area contributed by atoms with Gasteiger partial charge in [0.15, 0.2) is 8.07 Å². The van der Waals surface area contributed by atoms with E-state index in [1.54, 1.807) is 0 Å². The second-order valence-electron chi connectivity index (χ2n) is 17.0. The first-order valence-corrected chi connectivity index (χ1v) is 22.6. The maximum Gasteiger partial charge on any atom is 0.185 e. The Morgan fingerprint density at radius 3 is 0.914 bits per heavy atom. The van der Waals surface area contributed by atoms with Gasteiger partial charge in [-0.15, -0.1) is 0 Å². The molecule has 266 valence electrons. The van der Waals surface area contributed by atoms with E-state index in [-0.39, 0.29) is 0 Å². The van der Waals surface area contributed by atoms with Crippen LogP contribution in [0.15, 0.2) is 200 Å². The van der Waals surface area contributed by atoms with Gasteiger partial charge in [0.05, 0.1) is 27.9 Å². The molecule has 0 fully saturated rings. The molecule has 2 heteroatoms. The van der Waals surface area contributed by atoms with Crippen LogP contribution in [0.2, 0.25) is 0 Å². The standard InChI is InChI=1S/C56H33NSi/c1-7-22-40-34(16-1)35-17-2-8-23-41(35)55(40)44-26-13-27-45-52(44)57-53-46(55)28-14-32-50(53)58(48-30-11-5-20-38(48)39-21-6-12-31-49(39)58)51-33-15-29-47(54(51)57)56(45)42-24-9-3-18-36(42)37-19-4-10-25-43(37)56/h1-33H. The second-order valence-corrected chi connectivity index (χ2v) is 20.6. The third-order valence-corrected chi connectivity index (χ3v) is 20.0. The van der Waals surface area contributed by atoms with Crippen LogP contribution in [0.3, 0.4) is 0 Å². The summed E-state index contributed by atoms with van der Waals surface area (Å²) >= 11 is 0. The predicted octanol–water partition coefficient (Wildman–Crippen LogP) is 10.2. The lowest BCUT2D eigenvalue weighted by Crippen LogP contribution is -2.76. The van der Waals surface area contributed by atoms with E-state index in [0.29, 0.717) is 0 Å². The van der Waals surface area contributed by atoms with Crippen molar-refractivity contribution in [3.63, 3.8) is 0 Å². The predicted molar refractivity (Wildman–Crippen MR) is 239 cm³/mol. The van der Waals surface area contributed by atoms with Crippen molar-refractivity contribution in [3.8, 4) is 33.4 Å². The molecule has 0 amide bonds. The molecule has 0 saturated carbocycles. The highest BCUT2D eigenvalue weighted by Gasteiger charge is 2.64. The molecule has 0 radical (unpaired) electrons. The van der Waals surface area contributed by atoms with Crippen LogP contribution in [-0.2, 0) is 10.8 Å². The number of para-hydroxylation sites is 3. The van der Waals surface area contributed by atoms with Gasteiger partial charge in [-0.2, -0.15) is 0 Å². The highest BCUT2D eigenvalue weighted by atomic mass is 28.3. The Balaban J connectivity index is 1.23. The van der Waals surface area contributed by atoms with Crippen molar-refractivity contribution in [2.45, 2.75) is 10.8 Å². The number of benzene rings is 9. The maximum atomic E-state index is 2.78. The molecule has 0 atom stereocenters. The van der Waals surface area contributed by atoms with Crippen LogP contribution in [0, 0.1) is 0 Å². The lowest BCUT2D eigenvalue weighted by molar-refractivity contribution is 0.709. The molecule has 0 N–H and O–H groups in total. The van der Waals surface area contributed by atoms with Gasteiger partial charge in [-0.3, -0.25) is 0 Å². The molecule has 4 heterocycles. The minimum absolute atomic E-state index is 0.518. The fourth-order valence-corrected chi connectivity index (χ4v) is 19.0. The zero-order valence-electron chi connectivity index (χ0n) is 31.5. The van der Waals surface area contributed by atoms with Crippen molar-refractivity contribution in [2.24, 2.45) is 0 Å². The molecule has 0 aromatic heterocycles. The summed E-state index contributed by atoms with van der Waals surface area (Å²) in [7, 11) is -2.92. The summed E-state index contributed by atoms with van der Waals surface area (Å²) in [5.41, 5.74) is 22.3. The van der Waals surface area contributed by atoms with Crippen molar-refractivity contribution in [1.29, 1.82) is 0 Å². The minimum Gasteiger partial charge on any atom is -0.309 e. The largest absolute Gasteiger partial charge is 0.309 e. The van der Waals surface area contributed by atoms with Crippen LogP contribution >= 0.6 is 0 Å². The van der Waals surface area contributed by atoms with Crippen molar-refractivity contribution < 1.29 is 0 Å².